The number of benzene rings is 1. The summed E-state index contributed by atoms with van der Waals surface area (Å²) in [5.74, 6) is -1.71. The van der Waals surface area contributed by atoms with Crippen molar-refractivity contribution in [1.82, 2.24) is 0 Å². The SMILES string of the molecule is CCOC(=O)/C(=C\C(=O)c1ccsc1)C(=O)c1ccccc1. The third-order valence-corrected chi connectivity index (χ3v) is 3.54. The molecule has 0 atom stereocenters. The lowest BCUT2D eigenvalue weighted by atomic mass is 10.0. The Morgan fingerprint density at radius 1 is 1.09 bits per heavy atom. The van der Waals surface area contributed by atoms with E-state index in [4.69, 9.17) is 4.74 Å². The van der Waals surface area contributed by atoms with Crippen LogP contribution >= 0.6 is 11.3 Å². The molecule has 0 fully saturated rings. The van der Waals surface area contributed by atoms with Crippen molar-refractivity contribution < 1.29 is 19.1 Å². The number of hydrogen-bond acceptors (Lipinski definition) is 5. The number of hydrogen-bond donors (Lipinski definition) is 0. The van der Waals surface area contributed by atoms with E-state index in [1.54, 1.807) is 54.1 Å². The van der Waals surface area contributed by atoms with Crippen LogP contribution in [-0.4, -0.2) is 24.1 Å². The smallest absolute Gasteiger partial charge is 0.342 e. The van der Waals surface area contributed by atoms with Crippen LogP contribution < -0.4 is 0 Å². The van der Waals surface area contributed by atoms with Crippen molar-refractivity contribution in [2.24, 2.45) is 0 Å². The summed E-state index contributed by atoms with van der Waals surface area (Å²) in [4.78, 5) is 36.6. The van der Waals surface area contributed by atoms with E-state index in [1.807, 2.05) is 0 Å². The minimum Gasteiger partial charge on any atom is -0.462 e. The van der Waals surface area contributed by atoms with Crippen LogP contribution in [0.1, 0.15) is 27.6 Å². The average molecular weight is 314 g/mol. The zero-order valence-electron chi connectivity index (χ0n) is 11.9. The number of ketones is 2. The fourth-order valence-electron chi connectivity index (χ4n) is 1.79. The molecule has 0 saturated carbocycles. The fourth-order valence-corrected chi connectivity index (χ4v) is 2.44. The third-order valence-electron chi connectivity index (χ3n) is 2.86. The molecule has 0 saturated heterocycles. The maximum atomic E-state index is 12.4. The summed E-state index contributed by atoms with van der Waals surface area (Å²) >= 11 is 1.37. The summed E-state index contributed by atoms with van der Waals surface area (Å²) < 4.78 is 4.89. The lowest BCUT2D eigenvalue weighted by Gasteiger charge is -2.06. The predicted octanol–water partition coefficient (Wildman–Crippen LogP) is 3.30. The molecule has 22 heavy (non-hydrogen) atoms. The van der Waals surface area contributed by atoms with Crippen molar-refractivity contribution in [2.75, 3.05) is 6.61 Å². The highest BCUT2D eigenvalue weighted by molar-refractivity contribution is 7.08. The van der Waals surface area contributed by atoms with Crippen molar-refractivity contribution in [1.29, 1.82) is 0 Å². The summed E-state index contributed by atoms with van der Waals surface area (Å²) in [5, 5.41) is 3.42. The Hall–Kier alpha value is -2.53. The zero-order valence-corrected chi connectivity index (χ0v) is 12.8. The first-order valence-corrected chi connectivity index (χ1v) is 7.63. The van der Waals surface area contributed by atoms with Gasteiger partial charge in [-0.05, 0) is 18.4 Å². The van der Waals surface area contributed by atoms with E-state index in [9.17, 15) is 14.4 Å². The van der Waals surface area contributed by atoms with Crippen LogP contribution in [0.15, 0.2) is 58.8 Å². The molecule has 0 aliphatic rings. The van der Waals surface area contributed by atoms with E-state index in [1.165, 1.54) is 11.3 Å². The highest BCUT2D eigenvalue weighted by atomic mass is 32.1. The Labute approximate surface area is 132 Å². The van der Waals surface area contributed by atoms with E-state index in [2.05, 4.69) is 0 Å². The lowest BCUT2D eigenvalue weighted by molar-refractivity contribution is -0.138. The number of allylic oxidation sites excluding steroid dienone is 1. The second-order valence-corrected chi connectivity index (χ2v) is 5.13. The molecule has 112 valence electrons. The van der Waals surface area contributed by atoms with Gasteiger partial charge in [-0.2, -0.15) is 11.3 Å². The van der Waals surface area contributed by atoms with Gasteiger partial charge in [0.15, 0.2) is 11.6 Å². The Morgan fingerprint density at radius 2 is 1.82 bits per heavy atom. The van der Waals surface area contributed by atoms with Gasteiger partial charge in [-0.1, -0.05) is 30.3 Å². The molecule has 0 spiro atoms. The standard InChI is InChI=1S/C17H14O4S/c1-2-21-17(20)14(10-15(18)13-8-9-22-11-13)16(19)12-6-4-3-5-7-12/h3-11H,2H2,1H3/b14-10-. The second kappa shape index (κ2) is 7.47. The molecule has 0 bridgehead atoms. The maximum absolute atomic E-state index is 12.4. The summed E-state index contributed by atoms with van der Waals surface area (Å²) in [5.41, 5.74) is 0.511. The number of ether oxygens (including phenoxy) is 1. The van der Waals surface area contributed by atoms with E-state index >= 15 is 0 Å². The number of carbonyl (C=O) groups excluding carboxylic acids is 3. The summed E-state index contributed by atoms with van der Waals surface area (Å²) in [6.07, 6.45) is 1.05. The lowest BCUT2D eigenvalue weighted by Crippen LogP contribution is -2.17. The van der Waals surface area contributed by atoms with Gasteiger partial charge in [0.25, 0.3) is 0 Å². The minimum absolute atomic E-state index is 0.130. The van der Waals surface area contributed by atoms with Gasteiger partial charge in [-0.15, -0.1) is 0 Å². The average Bonchev–Trinajstić information content (AvgIpc) is 3.07. The Kier molecular flexibility index (Phi) is 5.38. The molecular weight excluding hydrogens is 300 g/mol. The van der Waals surface area contributed by atoms with Gasteiger partial charge in [0.2, 0.25) is 0 Å². The molecule has 1 aromatic heterocycles. The van der Waals surface area contributed by atoms with Gasteiger partial charge in [0, 0.05) is 22.6 Å². The van der Waals surface area contributed by atoms with Crippen molar-refractivity contribution in [3.05, 3.63) is 69.9 Å². The van der Waals surface area contributed by atoms with Crippen LogP contribution in [0.3, 0.4) is 0 Å². The Morgan fingerprint density at radius 3 is 2.41 bits per heavy atom. The zero-order chi connectivity index (χ0) is 15.9. The number of rotatable bonds is 6. The maximum Gasteiger partial charge on any atom is 0.342 e. The quantitative estimate of drug-likeness (QED) is 0.270. The van der Waals surface area contributed by atoms with Crippen molar-refractivity contribution >= 4 is 28.9 Å². The number of Topliss-reactive ketones (excluding diaryl/α,β-unsaturated/α-hetero) is 1. The van der Waals surface area contributed by atoms with Crippen LogP contribution in [0.4, 0.5) is 0 Å². The van der Waals surface area contributed by atoms with Crippen LogP contribution in [0.5, 0.6) is 0 Å². The number of carbonyl (C=O) groups is 3. The second-order valence-electron chi connectivity index (χ2n) is 4.35. The molecule has 0 N–H and O–H groups in total. The van der Waals surface area contributed by atoms with Crippen molar-refractivity contribution in [3.63, 3.8) is 0 Å². The molecule has 0 aliphatic carbocycles. The van der Waals surface area contributed by atoms with Gasteiger partial charge in [0.1, 0.15) is 5.57 Å². The molecule has 1 aromatic carbocycles. The van der Waals surface area contributed by atoms with Crippen LogP contribution in [0.2, 0.25) is 0 Å². The van der Waals surface area contributed by atoms with E-state index in [0.717, 1.165) is 6.08 Å². The predicted molar refractivity (Wildman–Crippen MR) is 84.1 cm³/mol. The van der Waals surface area contributed by atoms with Gasteiger partial charge in [0.05, 0.1) is 6.61 Å². The summed E-state index contributed by atoms with van der Waals surface area (Å²) in [6.45, 7) is 1.77. The first-order valence-electron chi connectivity index (χ1n) is 6.68. The molecule has 2 aromatic rings. The van der Waals surface area contributed by atoms with Crippen LogP contribution in [0, 0.1) is 0 Å². The first kappa shape index (κ1) is 15.9. The van der Waals surface area contributed by atoms with E-state index < -0.39 is 17.5 Å². The third kappa shape index (κ3) is 3.77. The highest BCUT2D eigenvalue weighted by Gasteiger charge is 2.22. The molecule has 2 rings (SSSR count). The van der Waals surface area contributed by atoms with Gasteiger partial charge in [-0.3, -0.25) is 9.59 Å². The Bertz CT molecular complexity index is 700. The normalized spacial score (nSPS) is 11.0. The summed E-state index contributed by atoms with van der Waals surface area (Å²) in [6, 6.07) is 9.96. The van der Waals surface area contributed by atoms with Gasteiger partial charge < -0.3 is 4.74 Å². The monoisotopic (exact) mass is 314 g/mol. The molecule has 4 nitrogen and oxygen atoms in total. The number of thiophene rings is 1. The van der Waals surface area contributed by atoms with Gasteiger partial charge in [-0.25, -0.2) is 4.79 Å². The van der Waals surface area contributed by atoms with E-state index in [0.29, 0.717) is 11.1 Å². The molecule has 5 heteroatoms. The molecule has 1 heterocycles. The minimum atomic E-state index is -0.792. The molecule has 0 amide bonds. The Balaban J connectivity index is 2.37. The largest absolute Gasteiger partial charge is 0.462 e. The molecule has 0 unspecified atom stereocenters. The molecule has 0 aliphatic heterocycles. The molecule has 0 radical (unpaired) electrons. The fraction of sp³-hybridized carbons (Fsp3) is 0.118. The van der Waals surface area contributed by atoms with E-state index in [-0.39, 0.29) is 12.2 Å². The summed E-state index contributed by atoms with van der Waals surface area (Å²) in [7, 11) is 0. The van der Waals surface area contributed by atoms with Crippen LogP contribution in [0.25, 0.3) is 0 Å². The molecular formula is C17H14O4S. The van der Waals surface area contributed by atoms with Gasteiger partial charge >= 0.3 is 5.97 Å². The number of esters is 1. The van der Waals surface area contributed by atoms with Crippen LogP contribution in [-0.2, 0) is 9.53 Å². The van der Waals surface area contributed by atoms with Crippen molar-refractivity contribution in [2.45, 2.75) is 6.92 Å². The highest BCUT2D eigenvalue weighted by Crippen LogP contribution is 2.14. The van der Waals surface area contributed by atoms with Crippen molar-refractivity contribution in [3.8, 4) is 0 Å². The topological polar surface area (TPSA) is 60.4 Å². The first-order chi connectivity index (χ1) is 10.6.